The van der Waals surface area contributed by atoms with E-state index in [0.29, 0.717) is 39.9 Å². The Hall–Kier alpha value is -2.20. The molecule has 6 rings (SSSR count). The molecular weight excluding hydrogens is 554 g/mol. The van der Waals surface area contributed by atoms with E-state index in [1.165, 1.54) is 68.9 Å². The Morgan fingerprint density at radius 3 is 2.24 bits per heavy atom. The minimum Gasteiger partial charge on any atom is -0.478 e. The maximum absolute atomic E-state index is 11.5. The lowest BCUT2D eigenvalue weighted by atomic mass is 9.32. The number of carbonyl (C=O) groups is 2. The van der Waals surface area contributed by atoms with Gasteiger partial charge in [0.15, 0.2) is 0 Å². The molecule has 0 aromatic heterocycles. The number of carbonyl (C=O) groups excluding carboxylic acids is 1. The molecule has 8 atom stereocenters. The number of fused-ring (bicyclic) bond motifs is 7. The van der Waals surface area contributed by atoms with Gasteiger partial charge in [0.2, 0.25) is 0 Å². The molecular formula is C41H61NO3. The lowest BCUT2D eigenvalue weighted by molar-refractivity contribution is -0.222. The van der Waals surface area contributed by atoms with E-state index < -0.39 is 5.97 Å². The van der Waals surface area contributed by atoms with Gasteiger partial charge in [0.1, 0.15) is 5.78 Å². The summed E-state index contributed by atoms with van der Waals surface area (Å²) in [6, 6.07) is 7.61. The normalized spacial score (nSPS) is 39.5. The van der Waals surface area contributed by atoms with Crippen molar-refractivity contribution in [3.8, 4) is 0 Å². The summed E-state index contributed by atoms with van der Waals surface area (Å²) in [5, 5.41) is 13.2. The third-order valence-corrected chi connectivity index (χ3v) is 14.7. The number of ketones is 1. The van der Waals surface area contributed by atoms with Gasteiger partial charge in [-0.2, -0.15) is 0 Å². The van der Waals surface area contributed by atoms with Gasteiger partial charge in [0.25, 0.3) is 0 Å². The van der Waals surface area contributed by atoms with Crippen LogP contribution in [0.25, 0.3) is 5.57 Å². The summed E-state index contributed by atoms with van der Waals surface area (Å²) < 4.78 is 0. The van der Waals surface area contributed by atoms with Crippen molar-refractivity contribution in [1.82, 2.24) is 5.32 Å². The van der Waals surface area contributed by atoms with Crippen LogP contribution in [0.1, 0.15) is 135 Å². The number of hydrogen-bond acceptors (Lipinski definition) is 3. The fourth-order valence-corrected chi connectivity index (χ4v) is 12.5. The van der Waals surface area contributed by atoms with Gasteiger partial charge in [-0.05, 0) is 146 Å². The minimum absolute atomic E-state index is 0.0511. The Morgan fingerprint density at radius 2 is 1.60 bits per heavy atom. The molecule has 7 unspecified atom stereocenters. The van der Waals surface area contributed by atoms with E-state index in [4.69, 9.17) is 0 Å². The number of nitrogens with one attached hydrogen (secondary N) is 1. The fraction of sp³-hybridized carbons (Fsp3) is 0.707. The number of carboxylic acid groups (broad SMARTS) is 1. The molecule has 0 heterocycles. The van der Waals surface area contributed by atoms with E-state index in [2.05, 4.69) is 52.6 Å². The monoisotopic (exact) mass is 615 g/mol. The Morgan fingerprint density at radius 1 is 0.911 bits per heavy atom. The molecule has 0 radical (unpaired) electrons. The van der Waals surface area contributed by atoms with E-state index in [-0.39, 0.29) is 10.8 Å². The van der Waals surface area contributed by atoms with Crippen LogP contribution in [0.2, 0.25) is 0 Å². The van der Waals surface area contributed by atoms with Crippen molar-refractivity contribution < 1.29 is 14.7 Å². The zero-order valence-corrected chi connectivity index (χ0v) is 29.4. The van der Waals surface area contributed by atoms with Crippen molar-refractivity contribution in [2.24, 2.45) is 50.7 Å². The van der Waals surface area contributed by atoms with Crippen molar-refractivity contribution >= 4 is 17.3 Å². The highest BCUT2D eigenvalue weighted by Gasteiger charge is 2.69. The van der Waals surface area contributed by atoms with Crippen LogP contribution in [-0.2, 0) is 4.79 Å². The number of allylic oxidation sites excluding steroid dienone is 3. The first kappa shape index (κ1) is 34.1. The number of Topliss-reactive ketones (excluding diaryl/α,β-unsaturated/α-hetero) is 1. The van der Waals surface area contributed by atoms with Gasteiger partial charge >= 0.3 is 5.97 Å². The summed E-state index contributed by atoms with van der Waals surface area (Å²) >= 11 is 0. The zero-order chi connectivity index (χ0) is 32.8. The molecule has 2 N–H and O–H groups in total. The van der Waals surface area contributed by atoms with E-state index in [9.17, 15) is 14.7 Å². The van der Waals surface area contributed by atoms with Crippen molar-refractivity contribution in [3.05, 3.63) is 54.1 Å². The molecule has 0 aliphatic heterocycles. The first-order valence-corrected chi connectivity index (χ1v) is 18.0. The van der Waals surface area contributed by atoms with Crippen LogP contribution in [0, 0.1) is 50.7 Å². The maximum atomic E-state index is 11.5. The van der Waals surface area contributed by atoms with Crippen molar-refractivity contribution in [2.75, 3.05) is 13.1 Å². The molecule has 248 valence electrons. The molecule has 4 heteroatoms. The van der Waals surface area contributed by atoms with E-state index in [1.54, 1.807) is 25.1 Å². The number of rotatable bonds is 7. The first-order chi connectivity index (χ1) is 21.2. The summed E-state index contributed by atoms with van der Waals surface area (Å²) in [6.45, 7) is 21.9. The van der Waals surface area contributed by atoms with E-state index in [0.717, 1.165) is 37.3 Å². The fourth-order valence-electron chi connectivity index (χ4n) is 12.5. The van der Waals surface area contributed by atoms with Crippen LogP contribution in [0.4, 0.5) is 0 Å². The smallest absolute Gasteiger partial charge is 0.335 e. The summed E-state index contributed by atoms with van der Waals surface area (Å²) in [6.07, 6.45) is 18.3. The molecule has 1 aromatic carbocycles. The molecule has 0 spiro atoms. The van der Waals surface area contributed by atoms with Crippen LogP contribution in [0.3, 0.4) is 0 Å². The quantitative estimate of drug-likeness (QED) is 0.237. The van der Waals surface area contributed by atoms with Crippen LogP contribution in [0.5, 0.6) is 0 Å². The highest BCUT2D eigenvalue weighted by atomic mass is 16.4. The third kappa shape index (κ3) is 5.49. The van der Waals surface area contributed by atoms with Gasteiger partial charge in [-0.3, -0.25) is 4.79 Å². The van der Waals surface area contributed by atoms with Gasteiger partial charge in [0, 0.05) is 19.5 Å². The average Bonchev–Trinajstić information content (AvgIpc) is 3.40. The molecule has 4 saturated carbocycles. The first-order valence-electron chi connectivity index (χ1n) is 18.0. The lowest BCUT2D eigenvalue weighted by Gasteiger charge is -2.72. The molecule has 4 nitrogen and oxygen atoms in total. The average molecular weight is 616 g/mol. The summed E-state index contributed by atoms with van der Waals surface area (Å²) in [4.78, 5) is 23.0. The summed E-state index contributed by atoms with van der Waals surface area (Å²) in [5.74, 6) is 2.44. The standard InChI is InChI=1S/C38H55NO3.C3H6/c1-25(40)17-23-39-24-38-18-7-8-30(38)29-13-14-32-35(4)19-15-28(26-9-11-27(12-10-26)33(41)42)34(2,3)31(35)16-20-37(32,6)36(29,5)21-22-38;1-3-2/h9-12,15,29-32,39H,7-8,13-14,16-24H2,1-6H3,(H,41,42);3H,1H2,2H3/t29?,30?,31?,32?,35?,36-,37?,38?;/m1./s1. The van der Waals surface area contributed by atoms with Crippen LogP contribution >= 0.6 is 0 Å². The predicted octanol–water partition coefficient (Wildman–Crippen LogP) is 9.99. The van der Waals surface area contributed by atoms with Crippen LogP contribution in [-0.4, -0.2) is 29.9 Å². The van der Waals surface area contributed by atoms with Crippen molar-refractivity contribution in [2.45, 2.75) is 119 Å². The molecule has 0 amide bonds. The van der Waals surface area contributed by atoms with Gasteiger partial charge in [-0.25, -0.2) is 4.79 Å². The molecule has 0 saturated heterocycles. The van der Waals surface area contributed by atoms with Gasteiger partial charge < -0.3 is 10.4 Å². The second kappa shape index (κ2) is 12.4. The highest BCUT2D eigenvalue weighted by Crippen LogP contribution is 2.77. The van der Waals surface area contributed by atoms with E-state index in [1.807, 2.05) is 19.1 Å². The molecule has 5 aliphatic carbocycles. The SMILES string of the molecule is C=CC.CC(=O)CCNCC12CCCC1C1CCC3C4(C)CC=C(c5ccc(C(=O)O)cc5)C(C)(C)C4CCC3(C)[C@]1(C)CC2. The number of aromatic carboxylic acids is 1. The Labute approximate surface area is 273 Å². The van der Waals surface area contributed by atoms with Crippen molar-refractivity contribution in [1.29, 1.82) is 0 Å². The molecule has 5 aliphatic rings. The van der Waals surface area contributed by atoms with Gasteiger partial charge in [-0.1, -0.05) is 65.3 Å². The molecule has 4 fully saturated rings. The summed E-state index contributed by atoms with van der Waals surface area (Å²) in [5.41, 5.74) is 4.50. The third-order valence-electron chi connectivity index (χ3n) is 14.7. The Balaban J connectivity index is 0.00000128. The van der Waals surface area contributed by atoms with E-state index >= 15 is 0 Å². The molecule has 45 heavy (non-hydrogen) atoms. The van der Waals surface area contributed by atoms with Crippen LogP contribution in [0.15, 0.2) is 43.0 Å². The highest BCUT2D eigenvalue weighted by molar-refractivity contribution is 5.88. The van der Waals surface area contributed by atoms with Crippen LogP contribution < -0.4 is 5.32 Å². The molecule has 0 bridgehead atoms. The number of benzene rings is 1. The topological polar surface area (TPSA) is 66.4 Å². The zero-order valence-electron chi connectivity index (χ0n) is 29.4. The minimum atomic E-state index is -0.858. The maximum Gasteiger partial charge on any atom is 0.335 e. The Bertz CT molecular complexity index is 1310. The van der Waals surface area contributed by atoms with Gasteiger partial charge in [-0.15, -0.1) is 6.58 Å². The predicted molar refractivity (Wildman–Crippen MR) is 186 cm³/mol. The van der Waals surface area contributed by atoms with Crippen molar-refractivity contribution in [3.63, 3.8) is 0 Å². The number of carboxylic acids is 1. The lowest BCUT2D eigenvalue weighted by Crippen LogP contribution is -2.65. The second-order valence-electron chi connectivity index (χ2n) is 17.0. The number of hydrogen-bond donors (Lipinski definition) is 2. The second-order valence-corrected chi connectivity index (χ2v) is 17.0. The Kier molecular flexibility index (Phi) is 9.44. The summed E-state index contributed by atoms with van der Waals surface area (Å²) in [7, 11) is 0. The van der Waals surface area contributed by atoms with Gasteiger partial charge in [0.05, 0.1) is 5.56 Å². The molecule has 1 aromatic rings. The largest absolute Gasteiger partial charge is 0.478 e.